The summed E-state index contributed by atoms with van der Waals surface area (Å²) in [5.74, 6) is 0.422. The van der Waals surface area contributed by atoms with Crippen molar-refractivity contribution in [2.75, 3.05) is 27.4 Å². The van der Waals surface area contributed by atoms with E-state index in [0.29, 0.717) is 24.3 Å². The second-order valence-electron chi connectivity index (χ2n) is 4.92. The molecule has 5 heteroatoms. The maximum Gasteiger partial charge on any atom is 0.337 e. The monoisotopic (exact) mass is 279 g/mol. The molecule has 0 spiro atoms. The molecule has 20 heavy (non-hydrogen) atoms. The van der Waals surface area contributed by atoms with Crippen LogP contribution >= 0.6 is 0 Å². The van der Waals surface area contributed by atoms with Gasteiger partial charge in [0.15, 0.2) is 0 Å². The average Bonchev–Trinajstić information content (AvgIpc) is 2.93. The number of methoxy groups -OCH3 is 2. The second kappa shape index (κ2) is 7.26. The number of hydrogen-bond acceptors (Lipinski definition) is 5. The number of carbonyl (C=O) groups is 1. The third kappa shape index (κ3) is 3.95. The Hall–Kier alpha value is -1.59. The zero-order valence-electron chi connectivity index (χ0n) is 11.9. The molecule has 110 valence electrons. The van der Waals surface area contributed by atoms with Gasteiger partial charge in [0.05, 0.1) is 19.3 Å². The fourth-order valence-corrected chi connectivity index (χ4v) is 2.37. The maximum atomic E-state index is 11.3. The molecular formula is C15H21NO4. The van der Waals surface area contributed by atoms with Crippen LogP contribution in [0.1, 0.15) is 23.2 Å². The van der Waals surface area contributed by atoms with Gasteiger partial charge in [0, 0.05) is 19.2 Å². The largest absolute Gasteiger partial charge is 0.492 e. The Morgan fingerprint density at radius 2 is 1.80 bits per heavy atom. The van der Waals surface area contributed by atoms with Crippen molar-refractivity contribution >= 4 is 5.97 Å². The second-order valence-corrected chi connectivity index (χ2v) is 4.92. The molecule has 1 fully saturated rings. The summed E-state index contributed by atoms with van der Waals surface area (Å²) in [4.78, 5) is 11.3. The first-order chi connectivity index (χ1) is 9.72. The number of rotatable bonds is 6. The number of hydrogen-bond donors (Lipinski definition) is 1. The number of ether oxygens (including phenoxy) is 3. The standard InChI is InChI=1S/C15H21NO4/c1-18-9-12-5-6-13(16-12)10-20-14-7-3-11(4-8-14)15(17)19-2/h3-4,7-8,12-13,16H,5-6,9-10H2,1-2H3/t12-,13+/m1/s1. The minimum Gasteiger partial charge on any atom is -0.492 e. The molecule has 0 unspecified atom stereocenters. The third-order valence-electron chi connectivity index (χ3n) is 3.43. The van der Waals surface area contributed by atoms with Crippen LogP contribution in [0.15, 0.2) is 24.3 Å². The highest BCUT2D eigenvalue weighted by Crippen LogP contribution is 2.16. The summed E-state index contributed by atoms with van der Waals surface area (Å²) in [7, 11) is 3.09. The van der Waals surface area contributed by atoms with Gasteiger partial charge in [-0.3, -0.25) is 0 Å². The van der Waals surface area contributed by atoms with Crippen LogP contribution in [-0.4, -0.2) is 45.5 Å². The first-order valence-corrected chi connectivity index (χ1v) is 6.79. The molecule has 1 N–H and O–H groups in total. The van der Waals surface area contributed by atoms with Crippen molar-refractivity contribution in [1.29, 1.82) is 0 Å². The van der Waals surface area contributed by atoms with E-state index in [1.807, 2.05) is 0 Å². The van der Waals surface area contributed by atoms with Crippen LogP contribution in [0.4, 0.5) is 0 Å². The summed E-state index contributed by atoms with van der Waals surface area (Å²) in [5, 5.41) is 3.48. The van der Waals surface area contributed by atoms with E-state index < -0.39 is 0 Å². The van der Waals surface area contributed by atoms with Gasteiger partial charge in [-0.15, -0.1) is 0 Å². The molecule has 0 radical (unpaired) electrons. The van der Waals surface area contributed by atoms with Crippen molar-refractivity contribution in [2.45, 2.75) is 24.9 Å². The lowest BCUT2D eigenvalue weighted by atomic mass is 10.2. The minimum absolute atomic E-state index is 0.337. The molecule has 0 amide bonds. The van der Waals surface area contributed by atoms with Crippen molar-refractivity contribution < 1.29 is 19.0 Å². The Balaban J connectivity index is 1.78. The van der Waals surface area contributed by atoms with Crippen LogP contribution in [0.25, 0.3) is 0 Å². The van der Waals surface area contributed by atoms with Crippen LogP contribution < -0.4 is 10.1 Å². The molecule has 1 aromatic rings. The highest BCUT2D eigenvalue weighted by molar-refractivity contribution is 5.89. The lowest BCUT2D eigenvalue weighted by Gasteiger charge is -2.14. The summed E-state index contributed by atoms with van der Waals surface area (Å²) in [6.45, 7) is 1.36. The molecule has 0 aliphatic carbocycles. The van der Waals surface area contributed by atoms with E-state index in [1.54, 1.807) is 31.4 Å². The molecule has 2 atom stereocenters. The molecule has 0 bridgehead atoms. The smallest absolute Gasteiger partial charge is 0.337 e. The lowest BCUT2D eigenvalue weighted by molar-refractivity contribution is 0.0600. The Bertz CT molecular complexity index is 432. The van der Waals surface area contributed by atoms with Gasteiger partial charge in [-0.05, 0) is 37.1 Å². The number of nitrogens with one attached hydrogen (secondary N) is 1. The van der Waals surface area contributed by atoms with Gasteiger partial charge in [0.2, 0.25) is 0 Å². The van der Waals surface area contributed by atoms with Gasteiger partial charge in [-0.1, -0.05) is 0 Å². The van der Waals surface area contributed by atoms with Gasteiger partial charge in [-0.2, -0.15) is 0 Å². The van der Waals surface area contributed by atoms with Crippen molar-refractivity contribution in [2.24, 2.45) is 0 Å². The van der Waals surface area contributed by atoms with Crippen molar-refractivity contribution in [3.8, 4) is 5.75 Å². The average molecular weight is 279 g/mol. The predicted octanol–water partition coefficient (Wildman–Crippen LogP) is 1.62. The fraction of sp³-hybridized carbons (Fsp3) is 0.533. The van der Waals surface area contributed by atoms with Gasteiger partial charge < -0.3 is 19.5 Å². The zero-order valence-corrected chi connectivity index (χ0v) is 11.9. The molecule has 0 aromatic heterocycles. The Morgan fingerprint density at radius 1 is 1.15 bits per heavy atom. The van der Waals surface area contributed by atoms with Gasteiger partial charge >= 0.3 is 5.97 Å². The first-order valence-electron chi connectivity index (χ1n) is 6.79. The van der Waals surface area contributed by atoms with Crippen LogP contribution in [0, 0.1) is 0 Å². The highest BCUT2D eigenvalue weighted by Gasteiger charge is 2.23. The number of esters is 1. The van der Waals surface area contributed by atoms with E-state index in [0.717, 1.165) is 25.2 Å². The Kier molecular flexibility index (Phi) is 5.38. The fourth-order valence-electron chi connectivity index (χ4n) is 2.37. The first kappa shape index (κ1) is 14.8. The van der Waals surface area contributed by atoms with Gasteiger partial charge in [0.25, 0.3) is 0 Å². The van der Waals surface area contributed by atoms with Crippen molar-refractivity contribution in [1.82, 2.24) is 5.32 Å². The Morgan fingerprint density at radius 3 is 2.40 bits per heavy atom. The molecular weight excluding hydrogens is 258 g/mol. The normalized spacial score (nSPS) is 21.7. The van der Waals surface area contributed by atoms with Crippen molar-refractivity contribution in [3.63, 3.8) is 0 Å². The molecule has 1 aliphatic heterocycles. The molecule has 1 heterocycles. The van der Waals surface area contributed by atoms with E-state index in [-0.39, 0.29) is 5.97 Å². The van der Waals surface area contributed by atoms with Gasteiger partial charge in [-0.25, -0.2) is 4.79 Å². The summed E-state index contributed by atoms with van der Waals surface area (Å²) in [5.41, 5.74) is 0.527. The molecule has 2 rings (SSSR count). The summed E-state index contributed by atoms with van der Waals surface area (Å²) < 4.78 is 15.5. The summed E-state index contributed by atoms with van der Waals surface area (Å²) in [6, 6.07) is 7.76. The van der Waals surface area contributed by atoms with E-state index in [9.17, 15) is 4.79 Å². The molecule has 1 saturated heterocycles. The van der Waals surface area contributed by atoms with Gasteiger partial charge in [0.1, 0.15) is 12.4 Å². The third-order valence-corrected chi connectivity index (χ3v) is 3.43. The summed E-state index contributed by atoms with van der Waals surface area (Å²) in [6.07, 6.45) is 2.21. The van der Waals surface area contributed by atoms with Crippen LogP contribution in [-0.2, 0) is 9.47 Å². The number of benzene rings is 1. The molecule has 0 saturated carbocycles. The van der Waals surface area contributed by atoms with Crippen LogP contribution in [0.5, 0.6) is 5.75 Å². The van der Waals surface area contributed by atoms with E-state index in [4.69, 9.17) is 9.47 Å². The van der Waals surface area contributed by atoms with Crippen molar-refractivity contribution in [3.05, 3.63) is 29.8 Å². The lowest BCUT2D eigenvalue weighted by Crippen LogP contribution is -2.35. The number of carbonyl (C=O) groups excluding carboxylic acids is 1. The quantitative estimate of drug-likeness (QED) is 0.802. The minimum atomic E-state index is -0.337. The topological polar surface area (TPSA) is 56.8 Å². The molecule has 5 nitrogen and oxygen atoms in total. The SMILES string of the molecule is COC[C@H]1CC[C@@H](COc2ccc(C(=O)OC)cc2)N1. The maximum absolute atomic E-state index is 11.3. The van der Waals surface area contributed by atoms with E-state index >= 15 is 0 Å². The van der Waals surface area contributed by atoms with Crippen LogP contribution in [0.3, 0.4) is 0 Å². The predicted molar refractivity (Wildman–Crippen MR) is 75.1 cm³/mol. The van der Waals surface area contributed by atoms with E-state index in [1.165, 1.54) is 7.11 Å². The van der Waals surface area contributed by atoms with E-state index in [2.05, 4.69) is 10.1 Å². The molecule has 1 aromatic carbocycles. The zero-order chi connectivity index (χ0) is 14.4. The highest BCUT2D eigenvalue weighted by atomic mass is 16.5. The van der Waals surface area contributed by atoms with Crippen LogP contribution in [0.2, 0.25) is 0 Å². The Labute approximate surface area is 119 Å². The summed E-state index contributed by atoms with van der Waals surface area (Å²) >= 11 is 0. The molecule has 1 aliphatic rings.